The summed E-state index contributed by atoms with van der Waals surface area (Å²) in [6.45, 7) is 0. The van der Waals surface area contributed by atoms with E-state index in [-0.39, 0.29) is 0 Å². The zero-order chi connectivity index (χ0) is 8.59. The summed E-state index contributed by atoms with van der Waals surface area (Å²) in [7, 11) is 0. The standard InChI is InChI=1S/C6H3Cl2I2N/c7-2-1-3(9)4(8)5(10)6(2)11/h1H,11H2. The highest BCUT2D eigenvalue weighted by atomic mass is 127. The minimum absolute atomic E-state index is 0.553. The smallest absolute Gasteiger partial charge is 0.0694 e. The van der Waals surface area contributed by atoms with E-state index in [9.17, 15) is 0 Å². The number of halogens is 4. The van der Waals surface area contributed by atoms with Crippen LogP contribution >= 0.6 is 68.4 Å². The molecule has 2 N–H and O–H groups in total. The van der Waals surface area contributed by atoms with Crippen LogP contribution in [0.5, 0.6) is 0 Å². The molecule has 0 spiro atoms. The molecule has 0 atom stereocenters. The number of hydrogen-bond donors (Lipinski definition) is 1. The van der Waals surface area contributed by atoms with Gasteiger partial charge in [0.15, 0.2) is 0 Å². The summed E-state index contributed by atoms with van der Waals surface area (Å²) in [5.74, 6) is 0. The average molecular weight is 414 g/mol. The maximum atomic E-state index is 5.90. The van der Waals surface area contributed by atoms with E-state index in [0.29, 0.717) is 15.7 Å². The van der Waals surface area contributed by atoms with Gasteiger partial charge in [-0.1, -0.05) is 23.2 Å². The van der Waals surface area contributed by atoms with Gasteiger partial charge in [-0.25, -0.2) is 0 Å². The maximum Gasteiger partial charge on any atom is 0.0694 e. The summed E-state index contributed by atoms with van der Waals surface area (Å²) in [5.41, 5.74) is 6.18. The first-order valence-corrected chi connectivity index (χ1v) is 5.54. The molecule has 0 radical (unpaired) electrons. The SMILES string of the molecule is Nc1c(Cl)cc(I)c(Cl)c1I. The number of anilines is 1. The van der Waals surface area contributed by atoms with Gasteiger partial charge >= 0.3 is 0 Å². The third kappa shape index (κ3) is 2.05. The van der Waals surface area contributed by atoms with Crippen molar-refractivity contribution in [2.45, 2.75) is 0 Å². The maximum absolute atomic E-state index is 5.90. The van der Waals surface area contributed by atoms with Crippen molar-refractivity contribution < 1.29 is 0 Å². The van der Waals surface area contributed by atoms with Crippen LogP contribution in [0.2, 0.25) is 10.0 Å². The van der Waals surface area contributed by atoms with Gasteiger partial charge in [-0.3, -0.25) is 0 Å². The number of nitrogens with two attached hydrogens (primary N) is 1. The van der Waals surface area contributed by atoms with Crippen molar-refractivity contribution in [2.75, 3.05) is 5.73 Å². The number of hydrogen-bond acceptors (Lipinski definition) is 1. The Bertz CT molecular complexity index is 275. The van der Waals surface area contributed by atoms with Crippen molar-refractivity contribution in [1.82, 2.24) is 0 Å². The van der Waals surface area contributed by atoms with Crippen molar-refractivity contribution >= 4 is 74.1 Å². The largest absolute Gasteiger partial charge is 0.397 e. The van der Waals surface area contributed by atoms with Crippen LogP contribution in [0.4, 0.5) is 5.69 Å². The summed E-state index contributed by atoms with van der Waals surface area (Å²) < 4.78 is 1.74. The molecule has 0 unspecified atom stereocenters. The van der Waals surface area contributed by atoms with Gasteiger partial charge in [0, 0.05) is 3.57 Å². The summed E-state index contributed by atoms with van der Waals surface area (Å²) in [6.07, 6.45) is 0. The lowest BCUT2D eigenvalue weighted by molar-refractivity contribution is 1.58. The Morgan fingerprint density at radius 2 is 1.82 bits per heavy atom. The molecule has 0 amide bonds. The summed E-state index contributed by atoms with van der Waals surface area (Å²) in [4.78, 5) is 0. The highest BCUT2D eigenvalue weighted by Gasteiger charge is 2.09. The molecule has 0 heterocycles. The minimum Gasteiger partial charge on any atom is -0.397 e. The van der Waals surface area contributed by atoms with Crippen LogP contribution in [0.25, 0.3) is 0 Å². The van der Waals surface area contributed by atoms with Crippen LogP contribution < -0.4 is 5.73 Å². The van der Waals surface area contributed by atoms with Gasteiger partial charge in [0.1, 0.15) is 0 Å². The van der Waals surface area contributed by atoms with Crippen LogP contribution in [0.3, 0.4) is 0 Å². The van der Waals surface area contributed by atoms with Crippen LogP contribution in [-0.2, 0) is 0 Å². The molecule has 5 heteroatoms. The molecule has 0 fully saturated rings. The number of nitrogen functional groups attached to an aromatic ring is 1. The molecule has 0 aromatic heterocycles. The summed E-state index contributed by atoms with van der Waals surface area (Å²) in [5, 5.41) is 1.23. The fourth-order valence-electron chi connectivity index (χ4n) is 0.580. The Hall–Kier alpha value is 1.06. The van der Waals surface area contributed by atoms with Gasteiger partial charge in [-0.15, -0.1) is 0 Å². The zero-order valence-corrected chi connectivity index (χ0v) is 11.0. The van der Waals surface area contributed by atoms with Crippen molar-refractivity contribution in [1.29, 1.82) is 0 Å². The zero-order valence-electron chi connectivity index (χ0n) is 5.17. The van der Waals surface area contributed by atoms with Crippen LogP contribution in [0, 0.1) is 7.14 Å². The number of rotatable bonds is 0. The normalized spacial score (nSPS) is 10.2. The van der Waals surface area contributed by atoms with Gasteiger partial charge in [-0.05, 0) is 51.2 Å². The van der Waals surface area contributed by atoms with Crippen LogP contribution in [0.1, 0.15) is 0 Å². The third-order valence-corrected chi connectivity index (χ3v) is 4.46. The van der Waals surface area contributed by atoms with E-state index in [1.54, 1.807) is 6.07 Å². The molecule has 0 aliphatic carbocycles. The predicted octanol–water partition coefficient (Wildman–Crippen LogP) is 3.78. The molecule has 1 nitrogen and oxygen atoms in total. The summed E-state index contributed by atoms with van der Waals surface area (Å²) >= 11 is 15.9. The first-order chi connectivity index (χ1) is 5.04. The number of benzene rings is 1. The quantitative estimate of drug-likeness (QED) is 0.298. The van der Waals surface area contributed by atoms with Crippen molar-refractivity contribution in [3.63, 3.8) is 0 Å². The second-order valence-corrected chi connectivity index (χ2v) is 4.91. The van der Waals surface area contributed by atoms with Crippen molar-refractivity contribution in [3.8, 4) is 0 Å². The van der Waals surface area contributed by atoms with E-state index in [1.165, 1.54) is 0 Å². The second kappa shape index (κ2) is 3.85. The molecule has 0 saturated carbocycles. The van der Waals surface area contributed by atoms with E-state index in [2.05, 4.69) is 45.2 Å². The first-order valence-electron chi connectivity index (χ1n) is 2.62. The Morgan fingerprint density at radius 1 is 1.27 bits per heavy atom. The molecular weight excluding hydrogens is 411 g/mol. The molecule has 1 aromatic carbocycles. The predicted molar refractivity (Wildman–Crippen MR) is 66.3 cm³/mol. The highest BCUT2D eigenvalue weighted by molar-refractivity contribution is 14.1. The summed E-state index contributed by atoms with van der Waals surface area (Å²) in [6, 6.07) is 1.75. The lowest BCUT2D eigenvalue weighted by Crippen LogP contribution is -1.93. The van der Waals surface area contributed by atoms with E-state index >= 15 is 0 Å². The minimum atomic E-state index is 0.553. The Kier molecular flexibility index (Phi) is 3.55. The highest BCUT2D eigenvalue weighted by Crippen LogP contribution is 2.34. The Balaban J connectivity index is 3.46. The van der Waals surface area contributed by atoms with E-state index in [4.69, 9.17) is 28.9 Å². The van der Waals surface area contributed by atoms with Gasteiger partial charge in [-0.2, -0.15) is 0 Å². The molecule has 0 aliphatic heterocycles. The van der Waals surface area contributed by atoms with Gasteiger partial charge in [0.25, 0.3) is 0 Å². The van der Waals surface area contributed by atoms with Gasteiger partial charge in [0.05, 0.1) is 19.3 Å². The van der Waals surface area contributed by atoms with Crippen LogP contribution in [-0.4, -0.2) is 0 Å². The van der Waals surface area contributed by atoms with E-state index < -0.39 is 0 Å². The monoisotopic (exact) mass is 413 g/mol. The molecule has 1 rings (SSSR count). The molecule has 11 heavy (non-hydrogen) atoms. The third-order valence-electron chi connectivity index (χ3n) is 1.15. The van der Waals surface area contributed by atoms with Crippen LogP contribution in [0.15, 0.2) is 6.07 Å². The fraction of sp³-hybridized carbons (Fsp3) is 0. The molecule has 0 bridgehead atoms. The molecular formula is C6H3Cl2I2N. The first kappa shape index (κ1) is 10.1. The molecule has 0 aliphatic rings. The van der Waals surface area contributed by atoms with E-state index in [0.717, 1.165) is 7.14 Å². The Labute approximate surface area is 102 Å². The fourth-order valence-corrected chi connectivity index (χ4v) is 2.96. The van der Waals surface area contributed by atoms with Gasteiger partial charge in [0.2, 0.25) is 0 Å². The van der Waals surface area contributed by atoms with E-state index in [1.807, 2.05) is 0 Å². The lowest BCUT2D eigenvalue weighted by Gasteiger charge is -2.04. The average Bonchev–Trinajstić information content (AvgIpc) is 1.97. The van der Waals surface area contributed by atoms with Crippen molar-refractivity contribution in [3.05, 3.63) is 23.3 Å². The topological polar surface area (TPSA) is 26.0 Å². The molecule has 60 valence electrons. The van der Waals surface area contributed by atoms with Gasteiger partial charge < -0.3 is 5.73 Å². The lowest BCUT2D eigenvalue weighted by atomic mass is 10.3. The molecule has 0 saturated heterocycles. The Morgan fingerprint density at radius 3 is 2.36 bits per heavy atom. The van der Waals surface area contributed by atoms with Crippen molar-refractivity contribution in [2.24, 2.45) is 0 Å². The second-order valence-electron chi connectivity index (χ2n) is 1.88. The molecule has 1 aromatic rings.